The molecule has 0 aliphatic carbocycles. The van der Waals surface area contributed by atoms with E-state index in [1.165, 1.54) is 17.6 Å². The van der Waals surface area contributed by atoms with Gasteiger partial charge in [-0.15, -0.1) is 0 Å². The van der Waals surface area contributed by atoms with Gasteiger partial charge in [-0.25, -0.2) is 4.98 Å². The standard InChI is InChI=1S/C21H18N2O7.Na/c1-2-21(28,20(26)27)13-5-15-18-11(7-23(15)19(25)12(13)8-24)3-10-4-16-17(30-9-29-16)6-14(10)22-18;/h3-6,24,28H,2,7-9H2,1H3,(H,26,27);/q;+1/p-1/t21-;/m0./s1. The van der Waals surface area contributed by atoms with Gasteiger partial charge in [0, 0.05) is 28.1 Å². The second-order valence-electron chi connectivity index (χ2n) is 7.37. The molecule has 0 bridgehead atoms. The molecule has 0 fully saturated rings. The molecule has 2 N–H and O–H groups in total. The summed E-state index contributed by atoms with van der Waals surface area (Å²) in [6.45, 7) is 1.10. The predicted octanol–water partition coefficient (Wildman–Crippen LogP) is -3.00. The smallest absolute Gasteiger partial charge is 0.547 e. The van der Waals surface area contributed by atoms with Gasteiger partial charge in [-0.2, -0.15) is 0 Å². The monoisotopic (exact) mass is 432 g/mol. The first-order chi connectivity index (χ1) is 14.4. The van der Waals surface area contributed by atoms with Gasteiger partial charge in [-0.1, -0.05) is 6.92 Å². The quantitative estimate of drug-likeness (QED) is 0.326. The van der Waals surface area contributed by atoms with Crippen molar-refractivity contribution in [2.45, 2.75) is 32.1 Å². The van der Waals surface area contributed by atoms with Crippen LogP contribution in [0.5, 0.6) is 11.5 Å². The molecule has 2 aliphatic heterocycles. The number of aliphatic hydroxyl groups is 2. The van der Waals surface area contributed by atoms with E-state index >= 15 is 0 Å². The summed E-state index contributed by atoms with van der Waals surface area (Å²) in [5, 5.41) is 32.9. The van der Waals surface area contributed by atoms with Gasteiger partial charge in [0.1, 0.15) is 5.60 Å². The van der Waals surface area contributed by atoms with Crippen LogP contribution < -0.4 is 49.7 Å². The van der Waals surface area contributed by atoms with E-state index in [4.69, 9.17) is 9.47 Å². The van der Waals surface area contributed by atoms with E-state index in [1.54, 1.807) is 6.07 Å². The molecule has 9 nitrogen and oxygen atoms in total. The number of benzene rings is 1. The number of ether oxygens (including phenoxy) is 2. The van der Waals surface area contributed by atoms with Crippen LogP contribution in [0.15, 0.2) is 29.1 Å². The van der Waals surface area contributed by atoms with E-state index in [-0.39, 0.29) is 60.4 Å². The van der Waals surface area contributed by atoms with Crippen molar-refractivity contribution in [1.82, 2.24) is 9.55 Å². The number of carbonyl (C=O) groups is 1. The molecule has 10 heteroatoms. The Balaban J connectivity index is 0.00000231. The first kappa shape index (κ1) is 21.8. The zero-order chi connectivity index (χ0) is 21.2. The molecule has 0 spiro atoms. The second kappa shape index (κ2) is 7.61. The zero-order valence-corrected chi connectivity index (χ0v) is 19.0. The van der Waals surface area contributed by atoms with Crippen molar-refractivity contribution in [2.75, 3.05) is 6.79 Å². The molecule has 3 aromatic rings. The van der Waals surface area contributed by atoms with Gasteiger partial charge in [0.25, 0.3) is 5.56 Å². The summed E-state index contributed by atoms with van der Waals surface area (Å²) in [6, 6.07) is 6.84. The molecule has 154 valence electrons. The van der Waals surface area contributed by atoms with Crippen molar-refractivity contribution < 1.29 is 59.1 Å². The van der Waals surface area contributed by atoms with E-state index in [0.717, 1.165) is 10.9 Å². The van der Waals surface area contributed by atoms with Gasteiger partial charge in [-0.3, -0.25) is 4.79 Å². The molecule has 0 radical (unpaired) electrons. The topological polar surface area (TPSA) is 134 Å². The maximum absolute atomic E-state index is 13.0. The van der Waals surface area contributed by atoms with Gasteiger partial charge in [0.15, 0.2) is 11.5 Å². The number of carboxylic acid groups (broad SMARTS) is 1. The van der Waals surface area contributed by atoms with Gasteiger partial charge >= 0.3 is 29.6 Å². The average molecular weight is 432 g/mol. The Labute approximate surface area is 198 Å². The maximum atomic E-state index is 13.0. The number of fused-ring (bicyclic) bond motifs is 5. The van der Waals surface area contributed by atoms with Crippen LogP contribution in [-0.2, 0) is 23.5 Å². The van der Waals surface area contributed by atoms with Crippen LogP contribution in [0.1, 0.15) is 30.0 Å². The largest absolute Gasteiger partial charge is 1.00 e. The number of aliphatic hydroxyl groups excluding tert-OH is 1. The first-order valence-corrected chi connectivity index (χ1v) is 9.43. The van der Waals surface area contributed by atoms with E-state index in [9.17, 15) is 24.9 Å². The third-order valence-corrected chi connectivity index (χ3v) is 5.81. The Bertz CT molecular complexity index is 1300. The van der Waals surface area contributed by atoms with Gasteiger partial charge < -0.3 is 34.2 Å². The third-order valence-electron chi connectivity index (χ3n) is 5.81. The van der Waals surface area contributed by atoms with Crippen molar-refractivity contribution in [1.29, 1.82) is 0 Å². The van der Waals surface area contributed by atoms with Crippen molar-refractivity contribution in [3.63, 3.8) is 0 Å². The second-order valence-corrected chi connectivity index (χ2v) is 7.37. The van der Waals surface area contributed by atoms with Crippen LogP contribution in [0, 0.1) is 0 Å². The molecule has 1 atom stereocenters. The summed E-state index contributed by atoms with van der Waals surface area (Å²) < 4.78 is 12.2. The Kier molecular flexibility index (Phi) is 5.35. The minimum atomic E-state index is -2.40. The third kappa shape index (κ3) is 3.07. The zero-order valence-electron chi connectivity index (χ0n) is 17.0. The molecule has 0 amide bonds. The van der Waals surface area contributed by atoms with Crippen LogP contribution in [0.25, 0.3) is 22.3 Å². The number of aromatic nitrogens is 2. The molecule has 1 aromatic carbocycles. The van der Waals surface area contributed by atoms with E-state index in [1.807, 2.05) is 12.1 Å². The molecule has 31 heavy (non-hydrogen) atoms. The minimum Gasteiger partial charge on any atom is -0.547 e. The maximum Gasteiger partial charge on any atom is 1.00 e. The fourth-order valence-corrected chi connectivity index (χ4v) is 4.13. The van der Waals surface area contributed by atoms with Crippen LogP contribution >= 0.6 is 0 Å². The van der Waals surface area contributed by atoms with E-state index in [0.29, 0.717) is 28.4 Å². The molecule has 4 heterocycles. The Morgan fingerprint density at radius 2 is 1.97 bits per heavy atom. The Morgan fingerprint density at radius 1 is 1.26 bits per heavy atom. The summed E-state index contributed by atoms with van der Waals surface area (Å²) >= 11 is 0. The SMILES string of the molecule is CC[C@@](O)(C(=O)[O-])c1cc2n(c(=O)c1CO)Cc1cc3cc4c(cc3nc1-2)OCO4.[Na+]. The van der Waals surface area contributed by atoms with Crippen molar-refractivity contribution in [3.8, 4) is 22.9 Å². The fraction of sp³-hybridized carbons (Fsp3) is 0.286. The molecule has 0 saturated carbocycles. The minimum absolute atomic E-state index is 0. The fourth-order valence-electron chi connectivity index (χ4n) is 4.13. The molecule has 2 aromatic heterocycles. The number of pyridine rings is 2. The summed E-state index contributed by atoms with van der Waals surface area (Å²) in [7, 11) is 0. The summed E-state index contributed by atoms with van der Waals surface area (Å²) in [6.07, 6.45) is -0.229. The molecular formula is C21H17N2NaO7. The van der Waals surface area contributed by atoms with Crippen molar-refractivity contribution in [3.05, 3.63) is 51.3 Å². The number of nitrogens with zero attached hydrogens (tertiary/aromatic N) is 2. The van der Waals surface area contributed by atoms with Gasteiger partial charge in [0.2, 0.25) is 6.79 Å². The van der Waals surface area contributed by atoms with Crippen LogP contribution in [-0.4, -0.2) is 32.5 Å². The normalized spacial score (nSPS) is 15.2. The number of rotatable bonds is 4. The molecular weight excluding hydrogens is 415 g/mol. The van der Waals surface area contributed by atoms with Crippen LogP contribution in [0.3, 0.4) is 0 Å². The summed E-state index contributed by atoms with van der Waals surface area (Å²) in [5.41, 5.74) is -1.08. The van der Waals surface area contributed by atoms with Gasteiger partial charge in [-0.05, 0) is 24.6 Å². The van der Waals surface area contributed by atoms with Gasteiger partial charge in [0.05, 0.1) is 36.0 Å². The number of carbonyl (C=O) groups excluding carboxylic acids is 1. The molecule has 0 saturated heterocycles. The van der Waals surface area contributed by atoms with E-state index in [2.05, 4.69) is 4.98 Å². The number of hydrogen-bond acceptors (Lipinski definition) is 8. The summed E-state index contributed by atoms with van der Waals surface area (Å²) in [5.74, 6) is -0.552. The van der Waals surface area contributed by atoms with Crippen molar-refractivity contribution >= 4 is 16.9 Å². The Morgan fingerprint density at radius 3 is 2.61 bits per heavy atom. The number of hydrogen-bond donors (Lipinski definition) is 2. The van der Waals surface area contributed by atoms with Crippen LogP contribution in [0.4, 0.5) is 0 Å². The molecule has 5 rings (SSSR count). The number of carboxylic acids is 1. The molecule has 0 unspecified atom stereocenters. The number of aliphatic carboxylic acids is 1. The molecule has 2 aliphatic rings. The van der Waals surface area contributed by atoms with Crippen molar-refractivity contribution in [2.24, 2.45) is 0 Å². The Hall–Kier alpha value is -2.43. The van der Waals surface area contributed by atoms with E-state index < -0.39 is 23.7 Å². The van der Waals surface area contributed by atoms with Crippen LogP contribution in [0.2, 0.25) is 0 Å². The average Bonchev–Trinajstić information content (AvgIpc) is 3.33. The summed E-state index contributed by atoms with van der Waals surface area (Å²) in [4.78, 5) is 29.4. The first-order valence-electron chi connectivity index (χ1n) is 9.43. The predicted molar refractivity (Wildman–Crippen MR) is 102 cm³/mol.